The lowest BCUT2D eigenvalue weighted by Gasteiger charge is -2.31. The number of likely N-dealkylation sites (tertiary alicyclic amines) is 1. The summed E-state index contributed by atoms with van der Waals surface area (Å²) in [5.41, 5.74) is 3.35. The Bertz CT molecular complexity index is 1030. The normalized spacial score (nSPS) is 15.2. The standard InChI is InChI=1S/C24H26N2O3/c1-28-19-8-9-22-20(15-19)21(16-25-22)17-11-13-26(14-12-17)24(27)10-7-18-5-3-4-6-23(18)29-2/h3-10,15-17,25H,11-14H2,1-2H3/b10-7+. The topological polar surface area (TPSA) is 54.6 Å². The molecule has 1 fully saturated rings. The van der Waals surface area contributed by atoms with Gasteiger partial charge in [-0.2, -0.15) is 0 Å². The van der Waals surface area contributed by atoms with Gasteiger partial charge in [-0.05, 0) is 54.7 Å². The predicted octanol–water partition coefficient (Wildman–Crippen LogP) is 4.60. The zero-order chi connectivity index (χ0) is 20.2. The third-order valence-corrected chi connectivity index (χ3v) is 5.71. The molecule has 1 aromatic heterocycles. The van der Waals surface area contributed by atoms with E-state index >= 15 is 0 Å². The van der Waals surface area contributed by atoms with Gasteiger partial charge >= 0.3 is 0 Å². The Morgan fingerprint density at radius 1 is 1.10 bits per heavy atom. The van der Waals surface area contributed by atoms with Crippen LogP contribution in [0.25, 0.3) is 17.0 Å². The minimum Gasteiger partial charge on any atom is -0.497 e. The molecule has 29 heavy (non-hydrogen) atoms. The average molecular weight is 390 g/mol. The number of carbonyl (C=O) groups excluding carboxylic acids is 1. The van der Waals surface area contributed by atoms with Crippen LogP contribution in [0.1, 0.15) is 29.9 Å². The Hall–Kier alpha value is -3.21. The van der Waals surface area contributed by atoms with Gasteiger partial charge in [0, 0.05) is 41.8 Å². The number of hydrogen-bond acceptors (Lipinski definition) is 3. The number of amides is 1. The van der Waals surface area contributed by atoms with Crippen LogP contribution in [-0.4, -0.2) is 43.1 Å². The van der Waals surface area contributed by atoms with Crippen molar-refractivity contribution in [2.45, 2.75) is 18.8 Å². The van der Waals surface area contributed by atoms with Crippen LogP contribution in [-0.2, 0) is 4.79 Å². The number of aromatic nitrogens is 1. The SMILES string of the molecule is COc1ccc2[nH]cc(C3CCN(C(=O)/C=C/c4ccccc4OC)CC3)c2c1. The zero-order valence-electron chi connectivity index (χ0n) is 16.9. The Labute approximate surface area is 170 Å². The van der Waals surface area contributed by atoms with E-state index in [1.807, 2.05) is 41.3 Å². The molecule has 1 amide bonds. The number of methoxy groups -OCH3 is 2. The molecule has 1 saturated heterocycles. The number of fused-ring (bicyclic) bond motifs is 1. The number of hydrogen-bond donors (Lipinski definition) is 1. The summed E-state index contributed by atoms with van der Waals surface area (Å²) in [6, 6.07) is 13.8. The van der Waals surface area contributed by atoms with Gasteiger partial charge in [-0.15, -0.1) is 0 Å². The molecule has 0 unspecified atom stereocenters. The monoisotopic (exact) mass is 390 g/mol. The van der Waals surface area contributed by atoms with Gasteiger partial charge in [0.05, 0.1) is 14.2 Å². The molecule has 5 heteroatoms. The third-order valence-electron chi connectivity index (χ3n) is 5.71. The van der Waals surface area contributed by atoms with Crippen LogP contribution in [0.15, 0.2) is 54.7 Å². The first-order chi connectivity index (χ1) is 14.2. The summed E-state index contributed by atoms with van der Waals surface area (Å²) < 4.78 is 10.7. The molecule has 1 aliphatic heterocycles. The van der Waals surface area contributed by atoms with Crippen LogP contribution in [0, 0.1) is 0 Å². The summed E-state index contributed by atoms with van der Waals surface area (Å²) in [6.07, 6.45) is 7.50. The highest BCUT2D eigenvalue weighted by atomic mass is 16.5. The van der Waals surface area contributed by atoms with E-state index in [0.717, 1.165) is 48.5 Å². The van der Waals surface area contributed by atoms with E-state index in [4.69, 9.17) is 9.47 Å². The van der Waals surface area contributed by atoms with Crippen LogP contribution in [0.2, 0.25) is 0 Å². The Morgan fingerprint density at radius 3 is 2.66 bits per heavy atom. The number of piperidine rings is 1. The summed E-state index contributed by atoms with van der Waals surface area (Å²) >= 11 is 0. The van der Waals surface area contributed by atoms with E-state index in [2.05, 4.69) is 23.3 Å². The second-order valence-corrected chi connectivity index (χ2v) is 7.33. The van der Waals surface area contributed by atoms with Crippen LogP contribution in [0.3, 0.4) is 0 Å². The second kappa shape index (κ2) is 8.43. The summed E-state index contributed by atoms with van der Waals surface area (Å²) in [7, 11) is 3.33. The number of ether oxygens (including phenoxy) is 2. The van der Waals surface area contributed by atoms with Crippen molar-refractivity contribution in [3.05, 3.63) is 65.9 Å². The molecule has 150 valence electrons. The molecule has 2 heterocycles. The van der Waals surface area contributed by atoms with E-state index in [9.17, 15) is 4.79 Å². The number of nitrogens with zero attached hydrogens (tertiary/aromatic N) is 1. The number of carbonyl (C=O) groups is 1. The van der Waals surface area contributed by atoms with Gasteiger partial charge in [0.2, 0.25) is 5.91 Å². The maximum Gasteiger partial charge on any atom is 0.246 e. The van der Waals surface area contributed by atoms with Crippen molar-refractivity contribution in [1.82, 2.24) is 9.88 Å². The fourth-order valence-corrected chi connectivity index (χ4v) is 4.07. The largest absolute Gasteiger partial charge is 0.497 e. The lowest BCUT2D eigenvalue weighted by molar-refractivity contribution is -0.126. The molecule has 0 atom stereocenters. The molecule has 0 radical (unpaired) electrons. The van der Waals surface area contributed by atoms with Crippen LogP contribution >= 0.6 is 0 Å². The molecule has 1 aliphatic rings. The Balaban J connectivity index is 1.42. The third kappa shape index (κ3) is 3.99. The molecular formula is C24H26N2O3. The molecule has 1 N–H and O–H groups in total. The number of para-hydroxylation sites is 1. The molecule has 0 spiro atoms. The highest BCUT2D eigenvalue weighted by Crippen LogP contribution is 2.34. The van der Waals surface area contributed by atoms with E-state index in [0.29, 0.717) is 5.92 Å². The summed E-state index contributed by atoms with van der Waals surface area (Å²) in [6.45, 7) is 1.52. The number of H-pyrrole nitrogens is 1. The van der Waals surface area contributed by atoms with Crippen LogP contribution in [0.5, 0.6) is 11.5 Å². The summed E-state index contributed by atoms with van der Waals surface area (Å²) in [5, 5.41) is 1.21. The highest BCUT2D eigenvalue weighted by Gasteiger charge is 2.24. The number of nitrogens with one attached hydrogen (secondary N) is 1. The van der Waals surface area contributed by atoms with E-state index in [1.54, 1.807) is 20.3 Å². The molecule has 0 aliphatic carbocycles. The van der Waals surface area contributed by atoms with Gasteiger partial charge < -0.3 is 19.4 Å². The number of benzene rings is 2. The highest BCUT2D eigenvalue weighted by molar-refractivity contribution is 5.92. The molecule has 5 nitrogen and oxygen atoms in total. The van der Waals surface area contributed by atoms with E-state index in [-0.39, 0.29) is 5.91 Å². The minimum atomic E-state index is 0.0509. The van der Waals surface area contributed by atoms with Crippen molar-refractivity contribution < 1.29 is 14.3 Å². The lowest BCUT2D eigenvalue weighted by Crippen LogP contribution is -2.36. The molecular weight excluding hydrogens is 364 g/mol. The van der Waals surface area contributed by atoms with Crippen molar-refractivity contribution in [1.29, 1.82) is 0 Å². The first kappa shape index (κ1) is 19.1. The van der Waals surface area contributed by atoms with Gasteiger partial charge in [0.1, 0.15) is 11.5 Å². The van der Waals surface area contributed by atoms with E-state index in [1.165, 1.54) is 10.9 Å². The maximum atomic E-state index is 12.6. The zero-order valence-corrected chi connectivity index (χ0v) is 16.9. The van der Waals surface area contributed by atoms with Gasteiger partial charge in [-0.25, -0.2) is 0 Å². The quantitative estimate of drug-likeness (QED) is 0.648. The average Bonchev–Trinajstić information content (AvgIpc) is 3.20. The first-order valence-corrected chi connectivity index (χ1v) is 9.94. The lowest BCUT2D eigenvalue weighted by atomic mass is 9.89. The smallest absolute Gasteiger partial charge is 0.246 e. The van der Waals surface area contributed by atoms with Crippen molar-refractivity contribution >= 4 is 22.9 Å². The maximum absolute atomic E-state index is 12.6. The number of rotatable bonds is 5. The van der Waals surface area contributed by atoms with Gasteiger partial charge in [0.25, 0.3) is 0 Å². The molecule has 0 bridgehead atoms. The second-order valence-electron chi connectivity index (χ2n) is 7.33. The molecule has 0 saturated carbocycles. The Kier molecular flexibility index (Phi) is 5.56. The van der Waals surface area contributed by atoms with Crippen molar-refractivity contribution in [2.75, 3.05) is 27.3 Å². The first-order valence-electron chi connectivity index (χ1n) is 9.94. The van der Waals surface area contributed by atoms with Crippen LogP contribution in [0.4, 0.5) is 0 Å². The summed E-state index contributed by atoms with van der Waals surface area (Å²) in [4.78, 5) is 17.9. The van der Waals surface area contributed by atoms with Gasteiger partial charge in [0.15, 0.2) is 0 Å². The van der Waals surface area contributed by atoms with Crippen molar-refractivity contribution in [3.63, 3.8) is 0 Å². The fourth-order valence-electron chi connectivity index (χ4n) is 4.07. The van der Waals surface area contributed by atoms with Crippen molar-refractivity contribution in [2.24, 2.45) is 0 Å². The van der Waals surface area contributed by atoms with Gasteiger partial charge in [-0.3, -0.25) is 4.79 Å². The van der Waals surface area contributed by atoms with Crippen LogP contribution < -0.4 is 9.47 Å². The number of aromatic amines is 1. The fraction of sp³-hybridized carbons (Fsp3) is 0.292. The van der Waals surface area contributed by atoms with Crippen molar-refractivity contribution in [3.8, 4) is 11.5 Å². The van der Waals surface area contributed by atoms with E-state index < -0.39 is 0 Å². The summed E-state index contributed by atoms with van der Waals surface area (Å²) in [5.74, 6) is 2.13. The Morgan fingerprint density at radius 2 is 1.90 bits per heavy atom. The minimum absolute atomic E-state index is 0.0509. The predicted molar refractivity (Wildman–Crippen MR) is 115 cm³/mol. The molecule has 4 rings (SSSR count). The molecule has 3 aromatic rings. The molecule has 2 aromatic carbocycles. The van der Waals surface area contributed by atoms with Gasteiger partial charge in [-0.1, -0.05) is 18.2 Å².